The fourth-order valence-electron chi connectivity index (χ4n) is 13.3. The van der Waals surface area contributed by atoms with Crippen LogP contribution in [0.25, 0.3) is 66.1 Å². The fraction of sp³-hybridized carbons (Fsp3) is 0.143. The van der Waals surface area contributed by atoms with E-state index < -0.39 is 5.41 Å². The number of nitrogens with one attached hydrogen (secondary N) is 1. The van der Waals surface area contributed by atoms with Crippen molar-refractivity contribution in [2.75, 3.05) is 10.2 Å². The lowest BCUT2D eigenvalue weighted by atomic mass is 9.54. The smallest absolute Gasteiger partial charge is 0.198 e. The van der Waals surface area contributed by atoms with E-state index in [-0.39, 0.29) is 10.8 Å². The maximum Gasteiger partial charge on any atom is 0.198 e. The van der Waals surface area contributed by atoms with E-state index in [1.54, 1.807) is 0 Å². The Kier molecular flexibility index (Phi) is 7.46. The van der Waals surface area contributed by atoms with Gasteiger partial charge in [-0.2, -0.15) is 0 Å². The molecule has 0 amide bonds. The standard InChI is InChI=1S/C63H47BN2O2/c1-61(2)30-31-62(3,4)48-32-36(28-29-45(48)61)65-50-34-55-41(39-18-7-13-26-53(39)67-55)33-42(50)58-57-40-19-8-14-27-54(40)68-56(57)35-52-59(58)64-49-24-15-23-47-60(49)66(52)51-25-12-11-22-46(51)63(47)43-20-9-5-16-37(43)38-17-6-10-21-44(38)63/h5-29,32-35,64-65H,30-31H2,1-4H3. The van der Waals surface area contributed by atoms with Crippen molar-refractivity contribution in [3.63, 3.8) is 0 Å². The summed E-state index contributed by atoms with van der Waals surface area (Å²) in [6, 6.07) is 65.4. The maximum absolute atomic E-state index is 7.02. The Morgan fingerprint density at radius 2 is 1.10 bits per heavy atom. The van der Waals surface area contributed by atoms with Crippen LogP contribution in [0, 0.1) is 0 Å². The second-order valence-electron chi connectivity index (χ2n) is 21.0. The van der Waals surface area contributed by atoms with Gasteiger partial charge in [0.05, 0.1) is 16.8 Å². The molecule has 9 aromatic carbocycles. The molecule has 5 heteroatoms. The lowest BCUT2D eigenvalue weighted by Gasteiger charge is -2.48. The number of furan rings is 2. The number of hydrogen-bond acceptors (Lipinski definition) is 4. The molecule has 0 saturated heterocycles. The van der Waals surface area contributed by atoms with Crippen LogP contribution in [0.3, 0.4) is 0 Å². The highest BCUT2D eigenvalue weighted by Gasteiger charge is 2.53. The third-order valence-electron chi connectivity index (χ3n) is 16.5. The van der Waals surface area contributed by atoms with Crippen LogP contribution in [-0.2, 0) is 16.2 Å². The average molecular weight is 875 g/mol. The number of nitrogens with zero attached hydrogens (tertiary/aromatic N) is 1. The summed E-state index contributed by atoms with van der Waals surface area (Å²) in [5.41, 5.74) is 24.5. The highest BCUT2D eigenvalue weighted by molar-refractivity contribution is 6.74. The third kappa shape index (κ3) is 4.91. The van der Waals surface area contributed by atoms with Gasteiger partial charge in [-0.1, -0.05) is 161 Å². The summed E-state index contributed by atoms with van der Waals surface area (Å²) in [5, 5.41) is 8.50. The van der Waals surface area contributed by atoms with Crippen molar-refractivity contribution in [2.45, 2.75) is 56.8 Å². The molecule has 68 heavy (non-hydrogen) atoms. The lowest BCUT2D eigenvalue weighted by Crippen LogP contribution is -2.47. The molecule has 4 heterocycles. The zero-order valence-corrected chi connectivity index (χ0v) is 38.6. The predicted molar refractivity (Wildman–Crippen MR) is 283 cm³/mol. The minimum atomic E-state index is -0.488. The van der Waals surface area contributed by atoms with Crippen molar-refractivity contribution in [3.05, 3.63) is 209 Å². The molecule has 324 valence electrons. The summed E-state index contributed by atoms with van der Waals surface area (Å²) >= 11 is 0. The molecule has 0 saturated carbocycles. The van der Waals surface area contributed by atoms with Gasteiger partial charge in [0.25, 0.3) is 0 Å². The summed E-state index contributed by atoms with van der Waals surface area (Å²) in [6.07, 6.45) is 2.32. The van der Waals surface area contributed by atoms with Crippen LogP contribution in [0.4, 0.5) is 28.4 Å². The number of rotatable bonds is 3. The highest BCUT2D eigenvalue weighted by Crippen LogP contribution is 2.63. The van der Waals surface area contributed by atoms with Crippen molar-refractivity contribution in [3.8, 4) is 22.3 Å². The monoisotopic (exact) mass is 874 g/mol. The van der Waals surface area contributed by atoms with E-state index in [9.17, 15) is 0 Å². The molecule has 15 rings (SSSR count). The average Bonchev–Trinajstić information content (AvgIpc) is 4.01. The topological polar surface area (TPSA) is 41.6 Å². The number of anilines is 5. The molecule has 0 atom stereocenters. The maximum atomic E-state index is 7.02. The molecule has 0 fully saturated rings. The van der Waals surface area contributed by atoms with Gasteiger partial charge in [-0.3, -0.25) is 0 Å². The molecule has 4 aliphatic rings. The van der Waals surface area contributed by atoms with E-state index in [2.05, 4.69) is 214 Å². The predicted octanol–water partition coefficient (Wildman–Crippen LogP) is 15.1. The Morgan fingerprint density at radius 1 is 0.471 bits per heavy atom. The molecule has 2 aliphatic carbocycles. The van der Waals surface area contributed by atoms with Gasteiger partial charge in [0.15, 0.2) is 7.28 Å². The molecule has 4 nitrogen and oxygen atoms in total. The van der Waals surface area contributed by atoms with E-state index in [1.165, 1.54) is 78.8 Å². The van der Waals surface area contributed by atoms with E-state index in [0.29, 0.717) is 0 Å². The van der Waals surface area contributed by atoms with Crippen molar-refractivity contribution < 1.29 is 8.83 Å². The number of hydrogen-bond donors (Lipinski definition) is 1. The number of fused-ring (bicyclic) bond motifs is 18. The second-order valence-corrected chi connectivity index (χ2v) is 21.0. The summed E-state index contributed by atoms with van der Waals surface area (Å²) in [7, 11) is 0.743. The van der Waals surface area contributed by atoms with Crippen LogP contribution >= 0.6 is 0 Å². The summed E-state index contributed by atoms with van der Waals surface area (Å²) in [5.74, 6) is 0. The SMILES string of the molecule is CC1(C)CCC(C)(C)c2cc(Nc3cc4oc5ccccc5c4cc3-c3c4c(cc5oc6ccccc6c35)N3c5ccccc5C5(c6ccccc6-c6ccccc65)c5cccc(c53)B4)ccc21. The van der Waals surface area contributed by atoms with Gasteiger partial charge in [-0.15, -0.1) is 0 Å². The number of benzene rings is 9. The van der Waals surface area contributed by atoms with Crippen LogP contribution < -0.4 is 21.1 Å². The summed E-state index contributed by atoms with van der Waals surface area (Å²) in [6.45, 7) is 9.60. The fourth-order valence-corrected chi connectivity index (χ4v) is 13.3. The minimum absolute atomic E-state index is 0.0622. The van der Waals surface area contributed by atoms with Gasteiger partial charge < -0.3 is 19.1 Å². The van der Waals surface area contributed by atoms with Gasteiger partial charge in [0.2, 0.25) is 0 Å². The number of para-hydroxylation sites is 4. The van der Waals surface area contributed by atoms with Crippen molar-refractivity contribution in [2.24, 2.45) is 0 Å². The highest BCUT2D eigenvalue weighted by atomic mass is 16.3. The normalized spacial score (nSPS) is 16.3. The molecule has 11 aromatic rings. The third-order valence-corrected chi connectivity index (χ3v) is 16.5. The van der Waals surface area contributed by atoms with Crippen LogP contribution in [0.5, 0.6) is 0 Å². The molecule has 0 bridgehead atoms. The van der Waals surface area contributed by atoms with Crippen LogP contribution in [-0.4, -0.2) is 7.28 Å². The molecule has 2 aliphatic heterocycles. The van der Waals surface area contributed by atoms with E-state index in [1.807, 2.05) is 0 Å². The molecule has 0 radical (unpaired) electrons. The first-order valence-corrected chi connectivity index (χ1v) is 24.3. The Bertz CT molecular complexity index is 3970. The van der Waals surface area contributed by atoms with Gasteiger partial charge in [-0.25, -0.2) is 0 Å². The first-order valence-electron chi connectivity index (χ1n) is 24.3. The van der Waals surface area contributed by atoms with E-state index >= 15 is 0 Å². The summed E-state index contributed by atoms with van der Waals surface area (Å²) in [4.78, 5) is 2.58. The molecule has 0 unspecified atom stereocenters. The molecular formula is C63H47BN2O2. The van der Waals surface area contributed by atoms with Gasteiger partial charge in [-0.05, 0) is 116 Å². The molecule has 1 spiro atoms. The molecule has 1 N–H and O–H groups in total. The Morgan fingerprint density at radius 3 is 1.88 bits per heavy atom. The van der Waals surface area contributed by atoms with E-state index in [0.717, 1.165) is 80.2 Å². The van der Waals surface area contributed by atoms with E-state index in [4.69, 9.17) is 8.83 Å². The van der Waals surface area contributed by atoms with Crippen molar-refractivity contribution in [1.82, 2.24) is 0 Å². The zero-order chi connectivity index (χ0) is 45.3. The van der Waals surface area contributed by atoms with Crippen LogP contribution in [0.1, 0.15) is 73.9 Å². The largest absolute Gasteiger partial charge is 0.456 e. The van der Waals surface area contributed by atoms with Crippen molar-refractivity contribution >= 4 is 90.5 Å². The molecule has 2 aromatic heterocycles. The Balaban J connectivity index is 1.03. The summed E-state index contributed by atoms with van der Waals surface area (Å²) < 4.78 is 13.7. The Labute approximate surface area is 396 Å². The second kappa shape index (κ2) is 13.2. The van der Waals surface area contributed by atoms with Crippen LogP contribution in [0.2, 0.25) is 0 Å². The Hall–Kier alpha value is -7.76. The van der Waals surface area contributed by atoms with Crippen molar-refractivity contribution in [1.29, 1.82) is 0 Å². The van der Waals surface area contributed by atoms with Gasteiger partial charge in [0, 0.05) is 56.3 Å². The van der Waals surface area contributed by atoms with Gasteiger partial charge in [0.1, 0.15) is 22.3 Å². The minimum Gasteiger partial charge on any atom is -0.456 e. The van der Waals surface area contributed by atoms with Crippen LogP contribution in [0.15, 0.2) is 185 Å². The lowest BCUT2D eigenvalue weighted by molar-refractivity contribution is 0.332. The van der Waals surface area contributed by atoms with Gasteiger partial charge >= 0.3 is 0 Å². The first-order chi connectivity index (χ1) is 33.2. The zero-order valence-electron chi connectivity index (χ0n) is 38.6. The molecular weight excluding hydrogens is 828 g/mol. The quantitative estimate of drug-likeness (QED) is 0.180. The first kappa shape index (κ1) is 38.4.